The molecule has 20 heavy (non-hydrogen) atoms. The van der Waals surface area contributed by atoms with Crippen LogP contribution in [-0.2, 0) is 6.42 Å². The Morgan fingerprint density at radius 2 is 1.90 bits per heavy atom. The monoisotopic (exact) mass is 272 g/mol. The number of aryl methyl sites for hydroxylation is 1. The first-order valence-corrected chi connectivity index (χ1v) is 6.72. The van der Waals surface area contributed by atoms with Gasteiger partial charge in [-0.05, 0) is 25.8 Å². The van der Waals surface area contributed by atoms with E-state index in [1.54, 1.807) is 4.68 Å². The fourth-order valence-corrected chi connectivity index (χ4v) is 2.18. The summed E-state index contributed by atoms with van der Waals surface area (Å²) in [5.41, 5.74) is 14.4. The third kappa shape index (κ3) is 2.39. The topological polar surface area (TPSA) is 86.9 Å². The van der Waals surface area contributed by atoms with Crippen molar-refractivity contribution in [1.29, 1.82) is 0 Å². The molecule has 1 heterocycles. The molecule has 1 aromatic heterocycles. The molecular weight excluding hydrogens is 252 g/mol. The van der Waals surface area contributed by atoms with E-state index >= 15 is 0 Å². The van der Waals surface area contributed by atoms with Gasteiger partial charge in [0.2, 0.25) is 0 Å². The van der Waals surface area contributed by atoms with E-state index in [1.165, 1.54) is 5.56 Å². The van der Waals surface area contributed by atoms with E-state index in [1.807, 2.05) is 38.1 Å². The first kappa shape index (κ1) is 14.1. The van der Waals surface area contributed by atoms with Crippen LogP contribution in [0.3, 0.4) is 0 Å². The molecule has 0 atom stereocenters. The molecule has 2 aromatic rings. The van der Waals surface area contributed by atoms with Gasteiger partial charge < -0.3 is 11.5 Å². The van der Waals surface area contributed by atoms with Crippen molar-refractivity contribution >= 4 is 11.7 Å². The third-order valence-corrected chi connectivity index (χ3v) is 3.32. The van der Waals surface area contributed by atoms with Crippen molar-refractivity contribution < 1.29 is 4.79 Å². The van der Waals surface area contributed by atoms with Crippen LogP contribution in [0.1, 0.15) is 42.7 Å². The lowest BCUT2D eigenvalue weighted by Gasteiger charge is -2.06. The normalized spacial score (nSPS) is 11.0. The predicted octanol–water partition coefficient (Wildman–Crippen LogP) is 2.37. The number of amides is 1. The largest absolute Gasteiger partial charge is 0.383 e. The van der Waals surface area contributed by atoms with Crippen molar-refractivity contribution in [2.24, 2.45) is 5.73 Å². The summed E-state index contributed by atoms with van der Waals surface area (Å²) >= 11 is 0. The fraction of sp³-hybridized carbons (Fsp3) is 0.333. The van der Waals surface area contributed by atoms with E-state index in [0.717, 1.165) is 12.0 Å². The number of rotatable bonds is 4. The van der Waals surface area contributed by atoms with Gasteiger partial charge in [-0.2, -0.15) is 5.10 Å². The molecule has 0 aliphatic rings. The van der Waals surface area contributed by atoms with Gasteiger partial charge in [0.25, 0.3) is 5.91 Å². The number of aromatic nitrogens is 2. The molecular formula is C15H20N4O. The van der Waals surface area contributed by atoms with Crippen molar-refractivity contribution in [2.75, 3.05) is 5.73 Å². The number of hydrogen-bond acceptors (Lipinski definition) is 3. The van der Waals surface area contributed by atoms with Crippen LogP contribution in [0.5, 0.6) is 0 Å². The van der Waals surface area contributed by atoms with E-state index in [4.69, 9.17) is 11.5 Å². The minimum atomic E-state index is -0.552. The number of anilines is 1. The standard InChI is InChI=1S/C15H20N4O/c1-4-10-5-7-11(8-6-10)13-12(15(17)20)14(16)19(18-13)9(2)3/h5-9H,4,16H2,1-3H3,(H2,17,20). The Kier molecular flexibility index (Phi) is 3.79. The number of primary amides is 1. The van der Waals surface area contributed by atoms with Gasteiger partial charge in [-0.3, -0.25) is 4.79 Å². The summed E-state index contributed by atoms with van der Waals surface area (Å²) in [7, 11) is 0. The number of hydrogen-bond donors (Lipinski definition) is 2. The Bertz CT molecular complexity index is 626. The molecule has 0 unspecified atom stereocenters. The molecule has 5 nitrogen and oxygen atoms in total. The molecule has 0 aliphatic heterocycles. The Balaban J connectivity index is 2.59. The summed E-state index contributed by atoms with van der Waals surface area (Å²) in [5, 5.41) is 4.45. The summed E-state index contributed by atoms with van der Waals surface area (Å²) in [4.78, 5) is 11.7. The van der Waals surface area contributed by atoms with Crippen LogP contribution in [0.15, 0.2) is 24.3 Å². The fourth-order valence-electron chi connectivity index (χ4n) is 2.18. The number of nitrogens with zero attached hydrogens (tertiary/aromatic N) is 2. The van der Waals surface area contributed by atoms with Crippen LogP contribution < -0.4 is 11.5 Å². The predicted molar refractivity (Wildman–Crippen MR) is 80.4 cm³/mol. The van der Waals surface area contributed by atoms with E-state index in [-0.39, 0.29) is 6.04 Å². The lowest BCUT2D eigenvalue weighted by Crippen LogP contribution is -2.15. The molecule has 0 radical (unpaired) electrons. The Hall–Kier alpha value is -2.30. The Morgan fingerprint density at radius 3 is 2.35 bits per heavy atom. The molecule has 2 rings (SSSR count). The number of carbonyl (C=O) groups excluding carboxylic acids is 1. The van der Waals surface area contributed by atoms with Crippen molar-refractivity contribution in [3.05, 3.63) is 35.4 Å². The van der Waals surface area contributed by atoms with Gasteiger partial charge in [-0.15, -0.1) is 0 Å². The number of nitrogen functional groups attached to an aromatic ring is 1. The van der Waals surface area contributed by atoms with Crippen LogP contribution in [0, 0.1) is 0 Å². The zero-order valence-electron chi connectivity index (χ0n) is 12.1. The average molecular weight is 272 g/mol. The van der Waals surface area contributed by atoms with Crippen LogP contribution in [0.25, 0.3) is 11.3 Å². The summed E-state index contributed by atoms with van der Waals surface area (Å²) in [6.45, 7) is 6.01. The Labute approximate surface area is 118 Å². The maximum absolute atomic E-state index is 11.7. The van der Waals surface area contributed by atoms with E-state index in [0.29, 0.717) is 17.1 Å². The van der Waals surface area contributed by atoms with Gasteiger partial charge >= 0.3 is 0 Å². The molecule has 0 saturated heterocycles. The van der Waals surface area contributed by atoms with Crippen molar-refractivity contribution in [3.8, 4) is 11.3 Å². The maximum Gasteiger partial charge on any atom is 0.254 e. The van der Waals surface area contributed by atoms with Gasteiger partial charge in [0.05, 0.1) is 0 Å². The second-order valence-electron chi connectivity index (χ2n) is 5.06. The van der Waals surface area contributed by atoms with E-state index in [9.17, 15) is 4.79 Å². The lowest BCUT2D eigenvalue weighted by atomic mass is 10.0. The van der Waals surface area contributed by atoms with Crippen molar-refractivity contribution in [3.63, 3.8) is 0 Å². The molecule has 5 heteroatoms. The van der Waals surface area contributed by atoms with Gasteiger partial charge in [0.1, 0.15) is 17.1 Å². The minimum Gasteiger partial charge on any atom is -0.383 e. The molecule has 106 valence electrons. The summed E-state index contributed by atoms with van der Waals surface area (Å²) in [6, 6.07) is 7.99. The molecule has 0 aliphatic carbocycles. The molecule has 1 aromatic carbocycles. The zero-order chi connectivity index (χ0) is 14.9. The van der Waals surface area contributed by atoms with E-state index in [2.05, 4.69) is 12.0 Å². The smallest absolute Gasteiger partial charge is 0.254 e. The first-order chi connectivity index (χ1) is 9.45. The number of nitrogens with two attached hydrogens (primary N) is 2. The quantitative estimate of drug-likeness (QED) is 0.895. The van der Waals surface area contributed by atoms with Crippen molar-refractivity contribution in [1.82, 2.24) is 9.78 Å². The molecule has 1 amide bonds. The molecule has 0 fully saturated rings. The second-order valence-corrected chi connectivity index (χ2v) is 5.06. The van der Waals surface area contributed by atoms with Crippen LogP contribution in [0.2, 0.25) is 0 Å². The van der Waals surface area contributed by atoms with E-state index < -0.39 is 5.91 Å². The Morgan fingerprint density at radius 1 is 1.30 bits per heavy atom. The van der Waals surface area contributed by atoms with Crippen LogP contribution in [0.4, 0.5) is 5.82 Å². The molecule has 0 bridgehead atoms. The zero-order valence-corrected chi connectivity index (χ0v) is 12.1. The first-order valence-electron chi connectivity index (χ1n) is 6.72. The average Bonchev–Trinajstić information content (AvgIpc) is 2.76. The second kappa shape index (κ2) is 5.36. The lowest BCUT2D eigenvalue weighted by molar-refractivity contribution is 0.100. The third-order valence-electron chi connectivity index (χ3n) is 3.32. The van der Waals surface area contributed by atoms with Gasteiger partial charge in [0, 0.05) is 11.6 Å². The van der Waals surface area contributed by atoms with Crippen LogP contribution >= 0.6 is 0 Å². The summed E-state index contributed by atoms with van der Waals surface area (Å²) in [6.07, 6.45) is 0.964. The summed E-state index contributed by atoms with van der Waals surface area (Å²) < 4.78 is 1.63. The van der Waals surface area contributed by atoms with Gasteiger partial charge in [-0.1, -0.05) is 31.2 Å². The highest BCUT2D eigenvalue weighted by molar-refractivity contribution is 6.03. The van der Waals surface area contributed by atoms with Crippen LogP contribution in [-0.4, -0.2) is 15.7 Å². The highest BCUT2D eigenvalue weighted by Crippen LogP contribution is 2.29. The highest BCUT2D eigenvalue weighted by Gasteiger charge is 2.22. The summed E-state index contributed by atoms with van der Waals surface area (Å²) in [5.74, 6) is -0.231. The van der Waals surface area contributed by atoms with Crippen molar-refractivity contribution in [2.45, 2.75) is 33.2 Å². The van der Waals surface area contributed by atoms with Gasteiger partial charge in [-0.25, -0.2) is 4.68 Å². The molecule has 0 saturated carbocycles. The maximum atomic E-state index is 11.7. The minimum absolute atomic E-state index is 0.0664. The SMILES string of the molecule is CCc1ccc(-c2nn(C(C)C)c(N)c2C(N)=O)cc1. The molecule has 0 spiro atoms. The number of carbonyl (C=O) groups is 1. The number of benzene rings is 1. The molecule has 4 N–H and O–H groups in total. The van der Waals surface area contributed by atoms with Gasteiger partial charge in [0.15, 0.2) is 0 Å². The highest BCUT2D eigenvalue weighted by atomic mass is 16.1.